The molecule has 24 heavy (non-hydrogen) atoms. The van der Waals surface area contributed by atoms with E-state index in [1.165, 1.54) is 12.1 Å². The molecule has 0 saturated heterocycles. The van der Waals surface area contributed by atoms with E-state index in [9.17, 15) is 33.2 Å². The van der Waals surface area contributed by atoms with Crippen LogP contribution >= 0.6 is 0 Å². The van der Waals surface area contributed by atoms with Crippen LogP contribution < -0.4 is 34.9 Å². The fourth-order valence-electron chi connectivity index (χ4n) is 1.78. The average molecular weight is 361 g/mol. The van der Waals surface area contributed by atoms with Crippen molar-refractivity contribution < 1.29 is 52.4 Å². The maximum Gasteiger partial charge on any atom is 1.00 e. The minimum Gasteiger partial charge on any atom is -0.744 e. The molecule has 2 aromatic carbocycles. The summed E-state index contributed by atoms with van der Waals surface area (Å²) < 4.78 is 32.9. The Labute approximate surface area is 157 Å². The van der Waals surface area contributed by atoms with Crippen LogP contribution in [0.2, 0.25) is 0 Å². The summed E-state index contributed by atoms with van der Waals surface area (Å²) >= 11 is 0. The van der Waals surface area contributed by atoms with E-state index >= 15 is 0 Å². The summed E-state index contributed by atoms with van der Waals surface area (Å²) in [6.45, 7) is 0. The summed E-state index contributed by atoms with van der Waals surface area (Å²) in [5, 5.41) is 24.2. The van der Waals surface area contributed by atoms with Gasteiger partial charge in [-0.2, -0.15) is 0 Å². The monoisotopic (exact) mass is 361 g/mol. The molecule has 12 heteroatoms. The van der Waals surface area contributed by atoms with Gasteiger partial charge in [-0.25, -0.2) is 8.42 Å². The van der Waals surface area contributed by atoms with Gasteiger partial charge in [0, 0.05) is 11.8 Å². The minimum absolute atomic E-state index is 0. The Bertz CT molecular complexity index is 901. The summed E-state index contributed by atoms with van der Waals surface area (Å²) in [5.74, 6) is 0. The number of nitro benzene ring substituents is 2. The number of benzene rings is 2. The van der Waals surface area contributed by atoms with Crippen molar-refractivity contribution in [1.82, 2.24) is 0 Å². The number of anilines is 2. The van der Waals surface area contributed by atoms with Crippen molar-refractivity contribution in [2.75, 3.05) is 5.32 Å². The molecule has 0 radical (unpaired) electrons. The molecule has 10 nitrogen and oxygen atoms in total. The SMILES string of the molecule is O=[N+]([O-])c1ccc(Nc2cccc(S(=O)(=O)[O-])c2)c([N+](=O)[O-])c1.[Na+]. The van der Waals surface area contributed by atoms with E-state index in [1.54, 1.807) is 0 Å². The van der Waals surface area contributed by atoms with E-state index < -0.39 is 36.2 Å². The normalized spacial score (nSPS) is 10.5. The molecule has 0 amide bonds. The van der Waals surface area contributed by atoms with Gasteiger partial charge in [-0.3, -0.25) is 20.2 Å². The van der Waals surface area contributed by atoms with Gasteiger partial charge in [0.1, 0.15) is 15.8 Å². The van der Waals surface area contributed by atoms with Crippen LogP contribution in [0.25, 0.3) is 0 Å². The molecule has 0 heterocycles. The molecule has 0 aliphatic carbocycles. The first-order valence-corrected chi connectivity index (χ1v) is 7.35. The van der Waals surface area contributed by atoms with E-state index in [0.717, 1.165) is 30.3 Å². The molecule has 0 atom stereocenters. The third-order valence-electron chi connectivity index (χ3n) is 2.79. The first kappa shape index (κ1) is 20.0. The Morgan fingerprint density at radius 1 is 0.958 bits per heavy atom. The number of nitrogens with zero attached hydrogens (tertiary/aromatic N) is 2. The van der Waals surface area contributed by atoms with Crippen LogP contribution in [0.4, 0.5) is 22.7 Å². The molecule has 0 fully saturated rings. The standard InChI is InChI=1S/C12H9N3O7S.Na/c16-14(17)9-4-5-11(12(7-9)15(18)19)13-8-2-1-3-10(6-8)23(20,21)22;/h1-7,13H,(H,20,21,22);/q;+1/p-1. The van der Waals surface area contributed by atoms with E-state index in [-0.39, 0.29) is 40.9 Å². The van der Waals surface area contributed by atoms with Gasteiger partial charge in [0.2, 0.25) is 0 Å². The molecule has 0 unspecified atom stereocenters. The fourth-order valence-corrected chi connectivity index (χ4v) is 2.29. The molecular formula is C12H8N3NaO7S. The summed E-state index contributed by atoms with van der Waals surface area (Å²) in [4.78, 5) is 19.6. The number of non-ortho nitro benzene ring substituents is 1. The Morgan fingerprint density at radius 3 is 2.17 bits per heavy atom. The van der Waals surface area contributed by atoms with E-state index in [0.29, 0.717) is 0 Å². The molecule has 120 valence electrons. The van der Waals surface area contributed by atoms with Gasteiger partial charge in [0.25, 0.3) is 11.4 Å². The van der Waals surface area contributed by atoms with E-state index in [1.807, 2.05) is 0 Å². The quantitative estimate of drug-likeness (QED) is 0.312. The molecule has 1 N–H and O–H groups in total. The van der Waals surface area contributed by atoms with E-state index in [4.69, 9.17) is 0 Å². The van der Waals surface area contributed by atoms with Crippen molar-refractivity contribution in [1.29, 1.82) is 0 Å². The summed E-state index contributed by atoms with van der Waals surface area (Å²) in [6, 6.07) is 7.71. The van der Waals surface area contributed by atoms with Crippen molar-refractivity contribution in [3.8, 4) is 0 Å². The number of rotatable bonds is 5. The molecular weight excluding hydrogens is 353 g/mol. The van der Waals surface area contributed by atoms with Crippen molar-refractivity contribution in [3.63, 3.8) is 0 Å². The smallest absolute Gasteiger partial charge is 0.744 e. The average Bonchev–Trinajstić information content (AvgIpc) is 2.46. The topological polar surface area (TPSA) is 156 Å². The van der Waals surface area contributed by atoms with Crippen LogP contribution in [0, 0.1) is 20.2 Å². The van der Waals surface area contributed by atoms with Gasteiger partial charge in [-0.15, -0.1) is 0 Å². The number of hydrogen-bond donors (Lipinski definition) is 1. The van der Waals surface area contributed by atoms with Gasteiger partial charge in [0.15, 0.2) is 0 Å². The predicted molar refractivity (Wildman–Crippen MR) is 77.4 cm³/mol. The summed E-state index contributed by atoms with van der Waals surface area (Å²) in [6.07, 6.45) is 0. The van der Waals surface area contributed by atoms with Crippen molar-refractivity contribution >= 4 is 32.9 Å². The van der Waals surface area contributed by atoms with Gasteiger partial charge in [-0.1, -0.05) is 6.07 Å². The third kappa shape index (κ3) is 4.72. The van der Waals surface area contributed by atoms with Gasteiger partial charge >= 0.3 is 29.6 Å². The Hall–Kier alpha value is -2.05. The van der Waals surface area contributed by atoms with Crippen LogP contribution in [-0.4, -0.2) is 22.8 Å². The molecule has 0 spiro atoms. The zero-order valence-electron chi connectivity index (χ0n) is 12.2. The number of nitrogens with one attached hydrogen (secondary N) is 1. The van der Waals surface area contributed by atoms with Gasteiger partial charge in [0.05, 0.1) is 20.8 Å². The molecule has 0 aliphatic rings. The van der Waals surface area contributed by atoms with Crippen molar-refractivity contribution in [3.05, 3.63) is 62.7 Å². The van der Waals surface area contributed by atoms with Gasteiger partial charge < -0.3 is 9.87 Å². The fraction of sp³-hybridized carbons (Fsp3) is 0. The second kappa shape index (κ2) is 7.68. The largest absolute Gasteiger partial charge is 1.00 e. The zero-order chi connectivity index (χ0) is 17.2. The van der Waals surface area contributed by atoms with Crippen molar-refractivity contribution in [2.45, 2.75) is 4.90 Å². The Morgan fingerprint density at radius 2 is 1.62 bits per heavy atom. The molecule has 0 aliphatic heterocycles. The molecule has 0 bridgehead atoms. The number of nitro groups is 2. The maximum atomic E-state index is 11.0. The summed E-state index contributed by atoms with van der Waals surface area (Å²) in [7, 11) is -4.68. The van der Waals surface area contributed by atoms with Crippen molar-refractivity contribution in [2.24, 2.45) is 0 Å². The van der Waals surface area contributed by atoms with E-state index in [2.05, 4.69) is 5.32 Å². The second-order valence-corrected chi connectivity index (χ2v) is 5.70. The number of hydrogen-bond acceptors (Lipinski definition) is 8. The first-order chi connectivity index (χ1) is 10.7. The van der Waals surface area contributed by atoms with Crippen LogP contribution in [0.5, 0.6) is 0 Å². The predicted octanol–water partition coefficient (Wildman–Crippen LogP) is -0.845. The first-order valence-electron chi connectivity index (χ1n) is 5.94. The van der Waals surface area contributed by atoms with Crippen LogP contribution in [0.1, 0.15) is 0 Å². The van der Waals surface area contributed by atoms with Crippen LogP contribution in [0.15, 0.2) is 47.4 Å². The third-order valence-corrected chi connectivity index (χ3v) is 3.62. The van der Waals surface area contributed by atoms with Gasteiger partial charge in [-0.05, 0) is 24.3 Å². The molecule has 0 aromatic heterocycles. The Balaban J connectivity index is 0.00000288. The summed E-state index contributed by atoms with van der Waals surface area (Å²) in [5.41, 5.74) is -0.993. The maximum absolute atomic E-state index is 11.0. The van der Waals surface area contributed by atoms with Crippen LogP contribution in [-0.2, 0) is 10.1 Å². The zero-order valence-corrected chi connectivity index (χ0v) is 15.0. The molecule has 2 rings (SSSR count). The minimum atomic E-state index is -4.68. The Kier molecular flexibility index (Phi) is 6.40. The molecule has 0 saturated carbocycles. The molecule has 2 aromatic rings. The van der Waals surface area contributed by atoms with Crippen LogP contribution in [0.3, 0.4) is 0 Å². The second-order valence-electron chi connectivity index (χ2n) is 4.32.